The maximum Gasteiger partial charge on any atom is 0.0589 e. The van der Waals surface area contributed by atoms with Gasteiger partial charge in [-0.25, -0.2) is 0 Å². The van der Waals surface area contributed by atoms with E-state index in [-0.39, 0.29) is 0 Å². The predicted molar refractivity (Wildman–Crippen MR) is 73.4 cm³/mol. The molecule has 0 aromatic carbocycles. The van der Waals surface area contributed by atoms with Crippen LogP contribution in [0.2, 0.25) is 0 Å². The largest absolute Gasteiger partial charge is 0.383 e. The highest BCUT2D eigenvalue weighted by molar-refractivity contribution is 4.84. The second-order valence-electron chi connectivity index (χ2n) is 5.39. The molecule has 0 bridgehead atoms. The quantitative estimate of drug-likeness (QED) is 0.741. The van der Waals surface area contributed by atoms with Crippen molar-refractivity contribution in [1.82, 2.24) is 10.2 Å². The van der Waals surface area contributed by atoms with Crippen molar-refractivity contribution in [2.75, 3.05) is 26.8 Å². The van der Waals surface area contributed by atoms with E-state index in [2.05, 4.69) is 31.0 Å². The van der Waals surface area contributed by atoms with Gasteiger partial charge in [-0.3, -0.25) is 4.90 Å². The lowest BCUT2D eigenvalue weighted by Gasteiger charge is -2.39. The first-order valence-corrected chi connectivity index (χ1v) is 7.17. The summed E-state index contributed by atoms with van der Waals surface area (Å²) in [4.78, 5) is 2.62. The van der Waals surface area contributed by atoms with Gasteiger partial charge in [0, 0.05) is 31.8 Å². The van der Waals surface area contributed by atoms with Crippen LogP contribution in [0.25, 0.3) is 0 Å². The normalized spacial score (nSPS) is 25.8. The Bertz CT molecular complexity index is 189. The van der Waals surface area contributed by atoms with E-state index < -0.39 is 0 Å². The van der Waals surface area contributed by atoms with Crippen molar-refractivity contribution in [2.45, 2.75) is 64.6 Å². The fourth-order valence-corrected chi connectivity index (χ4v) is 2.96. The molecule has 0 spiro atoms. The van der Waals surface area contributed by atoms with E-state index in [0.717, 1.165) is 31.8 Å². The predicted octanol–water partition coefficient (Wildman–Crippen LogP) is 2.26. The molecule has 3 heteroatoms. The molecule has 102 valence electrons. The first kappa shape index (κ1) is 14.9. The van der Waals surface area contributed by atoms with Crippen molar-refractivity contribution in [2.24, 2.45) is 0 Å². The molecule has 1 saturated carbocycles. The van der Waals surface area contributed by atoms with Crippen LogP contribution in [0.5, 0.6) is 0 Å². The zero-order chi connectivity index (χ0) is 12.7. The van der Waals surface area contributed by atoms with Gasteiger partial charge in [0.1, 0.15) is 0 Å². The highest BCUT2D eigenvalue weighted by Gasteiger charge is 2.26. The zero-order valence-corrected chi connectivity index (χ0v) is 12.0. The number of nitrogens with one attached hydrogen (secondary N) is 1. The Morgan fingerprint density at radius 3 is 2.35 bits per heavy atom. The van der Waals surface area contributed by atoms with Crippen LogP contribution in [-0.2, 0) is 4.74 Å². The van der Waals surface area contributed by atoms with Crippen LogP contribution in [0.15, 0.2) is 0 Å². The van der Waals surface area contributed by atoms with Crippen LogP contribution in [0.3, 0.4) is 0 Å². The summed E-state index contributed by atoms with van der Waals surface area (Å²) >= 11 is 0. The average molecular weight is 242 g/mol. The fraction of sp³-hybridized carbons (Fsp3) is 1.00. The molecule has 0 amide bonds. The lowest BCUT2D eigenvalue weighted by molar-refractivity contribution is 0.0736. The van der Waals surface area contributed by atoms with Crippen molar-refractivity contribution in [3.63, 3.8) is 0 Å². The SMILES string of the molecule is CCNC1CCC(N(CCOC)C(C)C)CC1. The van der Waals surface area contributed by atoms with Crippen molar-refractivity contribution in [3.8, 4) is 0 Å². The molecule has 0 heterocycles. The number of hydrogen-bond donors (Lipinski definition) is 1. The summed E-state index contributed by atoms with van der Waals surface area (Å²) in [6.45, 7) is 9.83. The number of hydrogen-bond acceptors (Lipinski definition) is 3. The summed E-state index contributed by atoms with van der Waals surface area (Å²) in [6, 6.07) is 2.15. The fourth-order valence-electron chi connectivity index (χ4n) is 2.96. The third-order valence-electron chi connectivity index (χ3n) is 3.88. The van der Waals surface area contributed by atoms with Gasteiger partial charge in [0.25, 0.3) is 0 Å². The molecule has 1 N–H and O–H groups in total. The topological polar surface area (TPSA) is 24.5 Å². The van der Waals surface area contributed by atoms with Gasteiger partial charge in [-0.1, -0.05) is 6.92 Å². The summed E-state index contributed by atoms with van der Waals surface area (Å²) in [5.41, 5.74) is 0. The molecule has 0 aromatic heterocycles. The zero-order valence-electron chi connectivity index (χ0n) is 12.0. The van der Waals surface area contributed by atoms with Gasteiger partial charge in [-0.2, -0.15) is 0 Å². The molecule has 0 aromatic rings. The van der Waals surface area contributed by atoms with E-state index in [0.29, 0.717) is 6.04 Å². The molecule has 1 aliphatic rings. The van der Waals surface area contributed by atoms with Crippen LogP contribution in [-0.4, -0.2) is 49.8 Å². The Balaban J connectivity index is 2.37. The minimum Gasteiger partial charge on any atom is -0.383 e. The molecule has 0 unspecified atom stereocenters. The molecule has 3 nitrogen and oxygen atoms in total. The van der Waals surface area contributed by atoms with Gasteiger partial charge < -0.3 is 10.1 Å². The van der Waals surface area contributed by atoms with E-state index in [1.165, 1.54) is 25.7 Å². The second-order valence-corrected chi connectivity index (χ2v) is 5.39. The summed E-state index contributed by atoms with van der Waals surface area (Å²) in [7, 11) is 1.79. The maximum absolute atomic E-state index is 5.22. The van der Waals surface area contributed by atoms with Gasteiger partial charge in [0.15, 0.2) is 0 Å². The third-order valence-corrected chi connectivity index (χ3v) is 3.88. The monoisotopic (exact) mass is 242 g/mol. The van der Waals surface area contributed by atoms with Gasteiger partial charge >= 0.3 is 0 Å². The first-order valence-electron chi connectivity index (χ1n) is 7.17. The smallest absolute Gasteiger partial charge is 0.0589 e. The van der Waals surface area contributed by atoms with Gasteiger partial charge in [-0.15, -0.1) is 0 Å². The number of ether oxygens (including phenoxy) is 1. The van der Waals surface area contributed by atoms with Crippen molar-refractivity contribution in [3.05, 3.63) is 0 Å². The van der Waals surface area contributed by atoms with Gasteiger partial charge in [0.05, 0.1) is 6.61 Å². The van der Waals surface area contributed by atoms with E-state index in [1.807, 2.05) is 0 Å². The molecule has 0 saturated heterocycles. The van der Waals surface area contributed by atoms with Gasteiger partial charge in [-0.05, 0) is 46.1 Å². The molecule has 1 rings (SSSR count). The van der Waals surface area contributed by atoms with Crippen LogP contribution in [0.4, 0.5) is 0 Å². The molecule has 0 radical (unpaired) electrons. The summed E-state index contributed by atoms with van der Waals surface area (Å²) in [5, 5.41) is 3.57. The van der Waals surface area contributed by atoms with E-state index >= 15 is 0 Å². The Morgan fingerprint density at radius 1 is 1.24 bits per heavy atom. The average Bonchev–Trinajstić information content (AvgIpc) is 2.31. The van der Waals surface area contributed by atoms with Crippen LogP contribution >= 0.6 is 0 Å². The summed E-state index contributed by atoms with van der Waals surface area (Å²) in [5.74, 6) is 0. The van der Waals surface area contributed by atoms with Crippen molar-refractivity contribution < 1.29 is 4.74 Å². The number of rotatable bonds is 7. The third kappa shape index (κ3) is 4.94. The van der Waals surface area contributed by atoms with Crippen molar-refractivity contribution in [1.29, 1.82) is 0 Å². The highest BCUT2D eigenvalue weighted by Crippen LogP contribution is 2.24. The highest BCUT2D eigenvalue weighted by atomic mass is 16.5. The lowest BCUT2D eigenvalue weighted by atomic mass is 9.89. The van der Waals surface area contributed by atoms with Crippen LogP contribution < -0.4 is 5.32 Å². The minimum atomic E-state index is 0.630. The Morgan fingerprint density at radius 2 is 1.88 bits per heavy atom. The minimum absolute atomic E-state index is 0.630. The summed E-state index contributed by atoms with van der Waals surface area (Å²) in [6.07, 6.45) is 5.32. The number of nitrogens with zero attached hydrogens (tertiary/aromatic N) is 1. The summed E-state index contributed by atoms with van der Waals surface area (Å²) < 4.78 is 5.22. The standard InChI is InChI=1S/C14H30N2O/c1-5-15-13-6-8-14(9-7-13)16(12(2)3)10-11-17-4/h12-15H,5-11H2,1-4H3. The second kappa shape index (κ2) is 8.06. The molecule has 17 heavy (non-hydrogen) atoms. The van der Waals surface area contributed by atoms with E-state index in [9.17, 15) is 0 Å². The molecule has 0 aliphatic heterocycles. The Hall–Kier alpha value is -0.120. The van der Waals surface area contributed by atoms with Crippen LogP contribution in [0.1, 0.15) is 46.5 Å². The van der Waals surface area contributed by atoms with Gasteiger partial charge in [0.2, 0.25) is 0 Å². The molecule has 1 aliphatic carbocycles. The Kier molecular flexibility index (Phi) is 7.09. The molecular weight excluding hydrogens is 212 g/mol. The molecule has 0 atom stereocenters. The lowest BCUT2D eigenvalue weighted by Crippen LogP contribution is -2.46. The first-order chi connectivity index (χ1) is 8.19. The molecule has 1 fully saturated rings. The molecular formula is C14H30N2O. The van der Waals surface area contributed by atoms with Crippen LogP contribution in [0, 0.1) is 0 Å². The van der Waals surface area contributed by atoms with E-state index in [4.69, 9.17) is 4.74 Å². The maximum atomic E-state index is 5.22. The van der Waals surface area contributed by atoms with Crippen molar-refractivity contribution >= 4 is 0 Å². The number of methoxy groups -OCH3 is 1. The van der Waals surface area contributed by atoms with E-state index in [1.54, 1.807) is 7.11 Å². The Labute approximate surface area is 107 Å².